The summed E-state index contributed by atoms with van der Waals surface area (Å²) in [6, 6.07) is 0. The van der Waals surface area contributed by atoms with Crippen molar-refractivity contribution in [1.82, 2.24) is 0 Å². The Bertz CT molecular complexity index is 311. The first-order chi connectivity index (χ1) is 8.52. The van der Waals surface area contributed by atoms with E-state index in [1.54, 1.807) is 0 Å². The van der Waals surface area contributed by atoms with Crippen molar-refractivity contribution in [3.63, 3.8) is 0 Å². The van der Waals surface area contributed by atoms with Gasteiger partial charge < -0.3 is 4.74 Å². The van der Waals surface area contributed by atoms with Gasteiger partial charge in [-0.3, -0.25) is 9.59 Å². The van der Waals surface area contributed by atoms with Gasteiger partial charge in [0.05, 0.1) is 0 Å². The SMILES string of the molecule is CC(C)CCC1(C2CCCC2)CC(=O)CC(=O)O1. The quantitative estimate of drug-likeness (QED) is 0.570. The molecule has 0 aromatic heterocycles. The lowest BCUT2D eigenvalue weighted by molar-refractivity contribution is -0.179. The fourth-order valence-corrected chi connectivity index (χ4v) is 3.41. The van der Waals surface area contributed by atoms with Gasteiger partial charge in [-0.05, 0) is 37.5 Å². The minimum atomic E-state index is -0.465. The molecule has 0 bridgehead atoms. The number of ketones is 1. The summed E-state index contributed by atoms with van der Waals surface area (Å²) in [5, 5.41) is 0. The Morgan fingerprint density at radius 1 is 1.28 bits per heavy atom. The van der Waals surface area contributed by atoms with Gasteiger partial charge in [-0.1, -0.05) is 26.7 Å². The van der Waals surface area contributed by atoms with E-state index in [4.69, 9.17) is 4.74 Å². The molecule has 0 radical (unpaired) electrons. The number of hydrogen-bond donors (Lipinski definition) is 0. The Hall–Kier alpha value is -0.860. The second-order valence-electron chi connectivity index (χ2n) is 6.34. The minimum absolute atomic E-state index is 0.0177. The number of Topliss-reactive ketones (excluding diaryl/α,β-unsaturated/α-hetero) is 1. The van der Waals surface area contributed by atoms with E-state index in [-0.39, 0.29) is 18.2 Å². The monoisotopic (exact) mass is 252 g/mol. The molecule has 0 aromatic carbocycles. The highest BCUT2D eigenvalue weighted by atomic mass is 16.6. The van der Waals surface area contributed by atoms with E-state index >= 15 is 0 Å². The fraction of sp³-hybridized carbons (Fsp3) is 0.867. The average molecular weight is 252 g/mol. The van der Waals surface area contributed by atoms with Gasteiger partial charge in [-0.2, -0.15) is 0 Å². The van der Waals surface area contributed by atoms with Crippen LogP contribution in [-0.2, 0) is 14.3 Å². The van der Waals surface area contributed by atoms with Gasteiger partial charge in [0, 0.05) is 6.42 Å². The van der Waals surface area contributed by atoms with E-state index in [0.717, 1.165) is 25.7 Å². The summed E-state index contributed by atoms with van der Waals surface area (Å²) in [5.41, 5.74) is -0.465. The van der Waals surface area contributed by atoms with Crippen molar-refractivity contribution in [2.75, 3.05) is 0 Å². The van der Waals surface area contributed by atoms with Gasteiger partial charge in [0.25, 0.3) is 0 Å². The van der Waals surface area contributed by atoms with Crippen molar-refractivity contribution < 1.29 is 14.3 Å². The van der Waals surface area contributed by atoms with Crippen LogP contribution in [0.4, 0.5) is 0 Å². The lowest BCUT2D eigenvalue weighted by atomic mass is 9.75. The maximum atomic E-state index is 11.8. The molecule has 1 atom stereocenters. The Balaban J connectivity index is 2.14. The second-order valence-corrected chi connectivity index (χ2v) is 6.34. The molecule has 2 rings (SSSR count). The number of carbonyl (C=O) groups is 2. The predicted molar refractivity (Wildman–Crippen MR) is 69.1 cm³/mol. The summed E-state index contributed by atoms with van der Waals surface area (Å²) < 4.78 is 5.72. The fourth-order valence-electron chi connectivity index (χ4n) is 3.41. The summed E-state index contributed by atoms with van der Waals surface area (Å²) in [6.07, 6.45) is 6.95. The third-order valence-corrected chi connectivity index (χ3v) is 4.40. The van der Waals surface area contributed by atoms with E-state index in [2.05, 4.69) is 13.8 Å². The van der Waals surface area contributed by atoms with Crippen LogP contribution in [0.3, 0.4) is 0 Å². The Morgan fingerprint density at radius 3 is 2.50 bits per heavy atom. The van der Waals surface area contributed by atoms with E-state index in [0.29, 0.717) is 18.3 Å². The zero-order chi connectivity index (χ0) is 13.2. The van der Waals surface area contributed by atoms with Gasteiger partial charge in [0.15, 0.2) is 0 Å². The lowest BCUT2D eigenvalue weighted by Gasteiger charge is -2.41. The molecule has 0 aromatic rings. The molecule has 1 aliphatic heterocycles. The highest BCUT2D eigenvalue weighted by Crippen LogP contribution is 2.44. The van der Waals surface area contributed by atoms with E-state index in [1.807, 2.05) is 0 Å². The van der Waals surface area contributed by atoms with Crippen LogP contribution in [-0.4, -0.2) is 17.4 Å². The first-order valence-corrected chi connectivity index (χ1v) is 7.25. The average Bonchev–Trinajstić information content (AvgIpc) is 2.79. The number of esters is 1. The van der Waals surface area contributed by atoms with Crippen molar-refractivity contribution in [2.45, 2.75) is 70.8 Å². The molecule has 2 fully saturated rings. The van der Waals surface area contributed by atoms with E-state index < -0.39 is 5.60 Å². The predicted octanol–water partition coefficient (Wildman–Crippen LogP) is 3.26. The van der Waals surface area contributed by atoms with Crippen LogP contribution >= 0.6 is 0 Å². The molecule has 102 valence electrons. The summed E-state index contributed by atoms with van der Waals surface area (Å²) >= 11 is 0. The molecular formula is C15H24O3. The highest BCUT2D eigenvalue weighted by Gasteiger charge is 2.47. The largest absolute Gasteiger partial charge is 0.458 e. The number of rotatable bonds is 4. The number of cyclic esters (lactones) is 1. The minimum Gasteiger partial charge on any atom is -0.458 e. The Kier molecular flexibility index (Phi) is 4.08. The van der Waals surface area contributed by atoms with Gasteiger partial charge in [-0.25, -0.2) is 0 Å². The molecular weight excluding hydrogens is 228 g/mol. The molecule has 1 heterocycles. The van der Waals surface area contributed by atoms with Crippen LogP contribution < -0.4 is 0 Å². The smallest absolute Gasteiger partial charge is 0.313 e. The second kappa shape index (κ2) is 5.41. The lowest BCUT2D eigenvalue weighted by Crippen LogP contribution is -2.47. The van der Waals surface area contributed by atoms with Gasteiger partial charge in [0.2, 0.25) is 0 Å². The summed E-state index contributed by atoms with van der Waals surface area (Å²) in [4.78, 5) is 23.4. The Morgan fingerprint density at radius 2 is 1.94 bits per heavy atom. The molecule has 0 spiro atoms. The maximum absolute atomic E-state index is 11.8. The molecule has 0 N–H and O–H groups in total. The van der Waals surface area contributed by atoms with Crippen molar-refractivity contribution in [3.05, 3.63) is 0 Å². The van der Waals surface area contributed by atoms with Crippen LogP contribution in [0.2, 0.25) is 0 Å². The van der Waals surface area contributed by atoms with Crippen LogP contribution in [0.1, 0.15) is 65.2 Å². The van der Waals surface area contributed by atoms with Crippen molar-refractivity contribution in [2.24, 2.45) is 11.8 Å². The first kappa shape index (κ1) is 13.6. The molecule has 3 heteroatoms. The van der Waals surface area contributed by atoms with E-state index in [9.17, 15) is 9.59 Å². The van der Waals surface area contributed by atoms with Crippen LogP contribution in [0.5, 0.6) is 0 Å². The van der Waals surface area contributed by atoms with Crippen LogP contribution in [0.25, 0.3) is 0 Å². The topological polar surface area (TPSA) is 43.4 Å². The molecule has 2 aliphatic rings. The third kappa shape index (κ3) is 2.93. The number of hydrogen-bond acceptors (Lipinski definition) is 3. The standard InChI is InChI=1S/C15H24O3/c1-11(2)7-8-15(12-5-3-4-6-12)10-13(16)9-14(17)18-15/h11-12H,3-10H2,1-2H3. The summed E-state index contributed by atoms with van der Waals surface area (Å²) in [7, 11) is 0. The molecule has 1 saturated carbocycles. The molecule has 1 saturated heterocycles. The third-order valence-electron chi connectivity index (χ3n) is 4.40. The van der Waals surface area contributed by atoms with Gasteiger partial charge >= 0.3 is 5.97 Å². The van der Waals surface area contributed by atoms with E-state index in [1.165, 1.54) is 12.8 Å². The van der Waals surface area contributed by atoms with Crippen LogP contribution in [0, 0.1) is 11.8 Å². The van der Waals surface area contributed by atoms with Crippen molar-refractivity contribution >= 4 is 11.8 Å². The molecule has 1 aliphatic carbocycles. The molecule has 1 unspecified atom stereocenters. The molecule has 18 heavy (non-hydrogen) atoms. The van der Waals surface area contributed by atoms with Crippen LogP contribution in [0.15, 0.2) is 0 Å². The normalized spacial score (nSPS) is 29.9. The highest BCUT2D eigenvalue weighted by molar-refractivity contribution is 5.98. The van der Waals surface area contributed by atoms with Crippen molar-refractivity contribution in [3.8, 4) is 0 Å². The molecule has 0 amide bonds. The zero-order valence-electron chi connectivity index (χ0n) is 11.5. The van der Waals surface area contributed by atoms with Gasteiger partial charge in [-0.15, -0.1) is 0 Å². The summed E-state index contributed by atoms with van der Waals surface area (Å²) in [6.45, 7) is 4.35. The number of carbonyl (C=O) groups excluding carboxylic acids is 2. The number of ether oxygens (including phenoxy) is 1. The maximum Gasteiger partial charge on any atom is 0.313 e. The summed E-state index contributed by atoms with van der Waals surface area (Å²) in [5.74, 6) is 0.757. The first-order valence-electron chi connectivity index (χ1n) is 7.25. The van der Waals surface area contributed by atoms with Gasteiger partial charge in [0.1, 0.15) is 17.8 Å². The zero-order valence-corrected chi connectivity index (χ0v) is 11.5. The Labute approximate surface area is 109 Å². The molecule has 3 nitrogen and oxygen atoms in total. The van der Waals surface area contributed by atoms with Crippen molar-refractivity contribution in [1.29, 1.82) is 0 Å².